The van der Waals surface area contributed by atoms with E-state index in [1.165, 1.54) is 6.07 Å². The summed E-state index contributed by atoms with van der Waals surface area (Å²) in [5, 5.41) is 4.06. The van der Waals surface area contributed by atoms with Gasteiger partial charge in [0.15, 0.2) is 5.78 Å². The van der Waals surface area contributed by atoms with Crippen LogP contribution >= 0.6 is 11.3 Å². The van der Waals surface area contributed by atoms with Crippen molar-refractivity contribution in [2.75, 3.05) is 11.9 Å². The van der Waals surface area contributed by atoms with Gasteiger partial charge in [-0.25, -0.2) is 9.37 Å². The lowest BCUT2D eigenvalue weighted by Gasteiger charge is -2.07. The van der Waals surface area contributed by atoms with E-state index in [0.29, 0.717) is 11.1 Å². The molecule has 3 nitrogen and oxygen atoms in total. The number of halogens is 1. The molecule has 1 heterocycles. The zero-order chi connectivity index (χ0) is 18.8. The van der Waals surface area contributed by atoms with Crippen LogP contribution in [0.2, 0.25) is 0 Å². The lowest BCUT2D eigenvalue weighted by atomic mass is 10.1. The number of nitrogens with zero attached hydrogens (tertiary/aromatic N) is 1. The van der Waals surface area contributed by atoms with Crippen molar-refractivity contribution in [3.63, 3.8) is 0 Å². The minimum Gasteiger partial charge on any atom is -0.378 e. The normalized spacial score (nSPS) is 10.9. The number of hydrogen-bond donors (Lipinski definition) is 1. The van der Waals surface area contributed by atoms with Gasteiger partial charge in [0, 0.05) is 16.8 Å². The van der Waals surface area contributed by atoms with E-state index in [2.05, 4.69) is 16.4 Å². The second kappa shape index (κ2) is 7.29. The molecule has 0 aliphatic rings. The van der Waals surface area contributed by atoms with Gasteiger partial charge in [0.05, 0.1) is 16.8 Å². The van der Waals surface area contributed by atoms with Crippen LogP contribution in [-0.2, 0) is 0 Å². The van der Waals surface area contributed by atoms with Gasteiger partial charge in [-0.3, -0.25) is 4.79 Å². The largest absolute Gasteiger partial charge is 0.378 e. The first-order valence-corrected chi connectivity index (χ1v) is 9.41. The Labute approximate surface area is 160 Å². The molecule has 0 aliphatic heterocycles. The molecule has 0 bridgehead atoms. The fourth-order valence-electron chi connectivity index (χ4n) is 2.78. The molecule has 3 aromatic carbocycles. The number of anilines is 1. The SMILES string of the molecule is Cc1ccc(C(=O)CNc2ccc(-c3nc4ccccc4s3)cc2)cc1F. The first-order chi connectivity index (χ1) is 13.1. The highest BCUT2D eigenvalue weighted by Gasteiger charge is 2.09. The molecule has 0 unspecified atom stereocenters. The first-order valence-electron chi connectivity index (χ1n) is 8.59. The Morgan fingerprint density at radius 1 is 1.07 bits per heavy atom. The van der Waals surface area contributed by atoms with Gasteiger partial charge in [-0.2, -0.15) is 0 Å². The summed E-state index contributed by atoms with van der Waals surface area (Å²) in [6, 6.07) is 20.4. The quantitative estimate of drug-likeness (QED) is 0.454. The second-order valence-electron chi connectivity index (χ2n) is 6.30. The highest BCUT2D eigenvalue weighted by molar-refractivity contribution is 7.21. The predicted molar refractivity (Wildman–Crippen MR) is 109 cm³/mol. The maximum atomic E-state index is 13.6. The molecule has 27 heavy (non-hydrogen) atoms. The minimum absolute atomic E-state index is 0.114. The number of nitrogens with one attached hydrogen (secondary N) is 1. The zero-order valence-electron chi connectivity index (χ0n) is 14.7. The number of Topliss-reactive ketones (excluding diaryl/α,β-unsaturated/α-hetero) is 1. The maximum Gasteiger partial charge on any atom is 0.181 e. The standard InChI is InChI=1S/C22H17FN2OS/c1-14-6-7-16(12-18(14)23)20(26)13-24-17-10-8-15(9-11-17)22-25-19-4-2-3-5-21(19)27-22/h2-12,24H,13H2,1H3. The number of carbonyl (C=O) groups excluding carboxylic acids is 1. The fraction of sp³-hybridized carbons (Fsp3) is 0.0909. The molecule has 1 aromatic heterocycles. The van der Waals surface area contributed by atoms with Crippen molar-refractivity contribution in [1.29, 1.82) is 0 Å². The van der Waals surface area contributed by atoms with E-state index in [4.69, 9.17) is 0 Å². The smallest absolute Gasteiger partial charge is 0.181 e. The fourth-order valence-corrected chi connectivity index (χ4v) is 3.75. The predicted octanol–water partition coefficient (Wildman–Crippen LogP) is 5.71. The molecule has 0 atom stereocenters. The summed E-state index contributed by atoms with van der Waals surface area (Å²) < 4.78 is 14.8. The molecule has 134 valence electrons. The second-order valence-corrected chi connectivity index (χ2v) is 7.34. The van der Waals surface area contributed by atoms with Gasteiger partial charge in [-0.15, -0.1) is 11.3 Å². The van der Waals surface area contributed by atoms with Crippen LogP contribution < -0.4 is 5.32 Å². The van der Waals surface area contributed by atoms with E-state index >= 15 is 0 Å². The summed E-state index contributed by atoms with van der Waals surface area (Å²) in [6.07, 6.45) is 0. The highest BCUT2D eigenvalue weighted by atomic mass is 32.1. The number of thiazole rings is 1. The number of aromatic nitrogens is 1. The van der Waals surface area contributed by atoms with Gasteiger partial charge in [-0.05, 0) is 55.0 Å². The number of benzene rings is 3. The third-order valence-corrected chi connectivity index (χ3v) is 5.46. The lowest BCUT2D eigenvalue weighted by molar-refractivity contribution is 0.101. The molecule has 4 rings (SSSR count). The van der Waals surface area contributed by atoms with Crippen molar-refractivity contribution in [2.45, 2.75) is 6.92 Å². The maximum absolute atomic E-state index is 13.6. The number of hydrogen-bond acceptors (Lipinski definition) is 4. The van der Waals surface area contributed by atoms with Crippen LogP contribution in [0.15, 0.2) is 66.7 Å². The van der Waals surface area contributed by atoms with Gasteiger partial charge in [-0.1, -0.05) is 24.3 Å². The molecule has 0 fully saturated rings. The van der Waals surface area contributed by atoms with E-state index in [1.807, 2.05) is 42.5 Å². The van der Waals surface area contributed by atoms with Crippen molar-refractivity contribution in [3.8, 4) is 10.6 Å². The van der Waals surface area contributed by atoms with Crippen molar-refractivity contribution in [3.05, 3.63) is 83.7 Å². The summed E-state index contributed by atoms with van der Waals surface area (Å²) in [6.45, 7) is 1.79. The Morgan fingerprint density at radius 2 is 1.85 bits per heavy atom. The van der Waals surface area contributed by atoms with E-state index in [9.17, 15) is 9.18 Å². The Morgan fingerprint density at radius 3 is 2.59 bits per heavy atom. The van der Waals surface area contributed by atoms with Crippen molar-refractivity contribution < 1.29 is 9.18 Å². The van der Waals surface area contributed by atoms with Crippen LogP contribution in [0, 0.1) is 12.7 Å². The van der Waals surface area contributed by atoms with E-state index < -0.39 is 0 Å². The van der Waals surface area contributed by atoms with Crippen LogP contribution in [-0.4, -0.2) is 17.3 Å². The molecule has 5 heteroatoms. The van der Waals surface area contributed by atoms with E-state index in [1.54, 1.807) is 30.4 Å². The number of aryl methyl sites for hydroxylation is 1. The van der Waals surface area contributed by atoms with E-state index in [-0.39, 0.29) is 18.1 Å². The molecule has 1 N–H and O–H groups in total. The van der Waals surface area contributed by atoms with E-state index in [0.717, 1.165) is 26.5 Å². The average Bonchev–Trinajstić information content (AvgIpc) is 3.13. The Bertz CT molecular complexity index is 1090. The molecule has 4 aromatic rings. The topological polar surface area (TPSA) is 42.0 Å². The van der Waals surface area contributed by atoms with Gasteiger partial charge >= 0.3 is 0 Å². The van der Waals surface area contributed by atoms with Crippen LogP contribution in [0.25, 0.3) is 20.8 Å². The number of ketones is 1. The van der Waals surface area contributed by atoms with Crippen LogP contribution in [0.1, 0.15) is 15.9 Å². The summed E-state index contributed by atoms with van der Waals surface area (Å²) >= 11 is 1.65. The third kappa shape index (κ3) is 3.73. The summed E-state index contributed by atoms with van der Waals surface area (Å²) in [7, 11) is 0. The number of rotatable bonds is 5. The molecule has 0 saturated heterocycles. The summed E-state index contributed by atoms with van der Waals surface area (Å²) in [4.78, 5) is 16.9. The van der Waals surface area contributed by atoms with Crippen molar-refractivity contribution in [2.24, 2.45) is 0 Å². The average molecular weight is 376 g/mol. The Balaban J connectivity index is 1.44. The molecular weight excluding hydrogens is 359 g/mol. The number of carbonyl (C=O) groups is 1. The molecule has 0 amide bonds. The van der Waals surface area contributed by atoms with Crippen LogP contribution in [0.3, 0.4) is 0 Å². The Hall–Kier alpha value is -3.05. The van der Waals surface area contributed by atoms with Gasteiger partial charge in [0.25, 0.3) is 0 Å². The molecule has 0 saturated carbocycles. The van der Waals surface area contributed by atoms with Crippen molar-refractivity contribution in [1.82, 2.24) is 4.98 Å². The highest BCUT2D eigenvalue weighted by Crippen LogP contribution is 2.30. The van der Waals surface area contributed by atoms with Gasteiger partial charge < -0.3 is 5.32 Å². The summed E-state index contributed by atoms with van der Waals surface area (Å²) in [5.41, 5.74) is 3.77. The molecular formula is C22H17FN2OS. The van der Waals surface area contributed by atoms with Gasteiger partial charge in [0.1, 0.15) is 10.8 Å². The zero-order valence-corrected chi connectivity index (χ0v) is 15.5. The minimum atomic E-state index is -0.360. The van der Waals surface area contributed by atoms with Gasteiger partial charge in [0.2, 0.25) is 0 Å². The molecule has 0 spiro atoms. The van der Waals surface area contributed by atoms with Crippen molar-refractivity contribution >= 4 is 33.0 Å². The van der Waals surface area contributed by atoms with Crippen LogP contribution in [0.5, 0.6) is 0 Å². The monoisotopic (exact) mass is 376 g/mol. The number of fused-ring (bicyclic) bond motifs is 1. The van der Waals surface area contributed by atoms with Crippen LogP contribution in [0.4, 0.5) is 10.1 Å². The summed E-state index contributed by atoms with van der Waals surface area (Å²) in [5.74, 6) is -0.509. The Kier molecular flexibility index (Phi) is 4.69. The molecule has 0 aliphatic carbocycles. The lowest BCUT2D eigenvalue weighted by Crippen LogP contribution is -2.14. The third-order valence-electron chi connectivity index (χ3n) is 4.37. The number of para-hydroxylation sites is 1. The molecule has 0 radical (unpaired) electrons. The first kappa shape index (κ1) is 17.4.